The average molecular weight is 390 g/mol. The first kappa shape index (κ1) is 14.1. The van der Waals surface area contributed by atoms with E-state index in [0.29, 0.717) is 0 Å². The Balaban J connectivity index is 2.36. The second-order valence-electron chi connectivity index (χ2n) is 4.19. The molecule has 1 nitrogen and oxygen atoms in total. The maximum absolute atomic E-state index is 5.24. The molecule has 1 aromatic carbocycles. The number of hydrogen-bond donors (Lipinski definition) is 0. The normalized spacial score (nSPS) is 12.5. The minimum Gasteiger partial charge on any atom is -0.497 e. The highest BCUT2D eigenvalue weighted by molar-refractivity contribution is 9.11. The molecule has 4 heteroatoms. The third-order valence-corrected chi connectivity index (χ3v) is 6.37. The van der Waals surface area contributed by atoms with Crippen molar-refractivity contribution in [2.24, 2.45) is 0 Å². The Kier molecular flexibility index (Phi) is 4.51. The summed E-state index contributed by atoms with van der Waals surface area (Å²) in [6, 6.07) is 8.42. The SMILES string of the molecule is COc1ccc(C(Br)c2cc(C)c(Br)s2)c(C)c1. The highest BCUT2D eigenvalue weighted by Gasteiger charge is 2.16. The number of methoxy groups -OCH3 is 1. The number of aryl methyl sites for hydroxylation is 2. The van der Waals surface area contributed by atoms with Gasteiger partial charge in [-0.05, 0) is 64.7 Å². The average Bonchev–Trinajstić information content (AvgIpc) is 2.68. The van der Waals surface area contributed by atoms with Crippen molar-refractivity contribution in [2.75, 3.05) is 7.11 Å². The first-order valence-corrected chi connectivity index (χ1v) is 8.10. The molecule has 0 bridgehead atoms. The van der Waals surface area contributed by atoms with E-state index in [9.17, 15) is 0 Å². The Bertz CT molecular complexity index is 543. The van der Waals surface area contributed by atoms with Gasteiger partial charge >= 0.3 is 0 Å². The second kappa shape index (κ2) is 5.76. The van der Waals surface area contributed by atoms with E-state index in [0.717, 1.165) is 5.75 Å². The van der Waals surface area contributed by atoms with Crippen molar-refractivity contribution in [1.29, 1.82) is 0 Å². The molecule has 1 aromatic heterocycles. The van der Waals surface area contributed by atoms with E-state index >= 15 is 0 Å². The molecule has 0 aliphatic carbocycles. The van der Waals surface area contributed by atoms with Crippen molar-refractivity contribution in [1.82, 2.24) is 0 Å². The van der Waals surface area contributed by atoms with Crippen LogP contribution in [0.3, 0.4) is 0 Å². The Labute approximate surface area is 128 Å². The Morgan fingerprint density at radius 2 is 1.89 bits per heavy atom. The molecule has 0 spiro atoms. The van der Waals surface area contributed by atoms with E-state index in [2.05, 4.69) is 63.9 Å². The van der Waals surface area contributed by atoms with Crippen LogP contribution in [0, 0.1) is 13.8 Å². The molecule has 0 saturated carbocycles. The third-order valence-electron chi connectivity index (χ3n) is 2.88. The summed E-state index contributed by atoms with van der Waals surface area (Å²) in [6.45, 7) is 4.23. The molecule has 0 aliphatic rings. The smallest absolute Gasteiger partial charge is 0.119 e. The summed E-state index contributed by atoms with van der Waals surface area (Å²) in [5, 5.41) is 0. The minimum atomic E-state index is 0.235. The predicted molar refractivity (Wildman–Crippen MR) is 85.3 cm³/mol. The summed E-state index contributed by atoms with van der Waals surface area (Å²) in [5.41, 5.74) is 3.80. The van der Waals surface area contributed by atoms with Crippen LogP contribution in [-0.4, -0.2) is 7.11 Å². The fraction of sp³-hybridized carbons (Fsp3) is 0.286. The molecular weight excluding hydrogens is 376 g/mol. The van der Waals surface area contributed by atoms with Crippen LogP contribution in [0.4, 0.5) is 0 Å². The van der Waals surface area contributed by atoms with E-state index in [1.165, 1.54) is 25.4 Å². The fourth-order valence-electron chi connectivity index (χ4n) is 1.82. The van der Waals surface area contributed by atoms with Crippen LogP contribution in [0.2, 0.25) is 0 Å². The number of thiophene rings is 1. The number of rotatable bonds is 3. The Morgan fingerprint density at radius 1 is 1.17 bits per heavy atom. The zero-order chi connectivity index (χ0) is 13.3. The van der Waals surface area contributed by atoms with Gasteiger partial charge in [0.25, 0.3) is 0 Å². The Hall–Kier alpha value is -0.320. The number of ether oxygens (including phenoxy) is 1. The van der Waals surface area contributed by atoms with Crippen LogP contribution in [0.25, 0.3) is 0 Å². The number of halogens is 2. The summed E-state index contributed by atoms with van der Waals surface area (Å²) in [6.07, 6.45) is 0. The van der Waals surface area contributed by atoms with Gasteiger partial charge in [0.2, 0.25) is 0 Å². The molecule has 1 heterocycles. The van der Waals surface area contributed by atoms with Crippen molar-refractivity contribution < 1.29 is 4.74 Å². The highest BCUT2D eigenvalue weighted by Crippen LogP contribution is 2.40. The molecule has 2 aromatic rings. The molecule has 2 rings (SSSR count). The largest absolute Gasteiger partial charge is 0.497 e. The van der Waals surface area contributed by atoms with Crippen LogP contribution in [0.5, 0.6) is 5.75 Å². The first-order chi connectivity index (χ1) is 8.52. The monoisotopic (exact) mass is 388 g/mol. The van der Waals surface area contributed by atoms with Crippen molar-refractivity contribution >= 4 is 43.2 Å². The molecular formula is C14H14Br2OS. The molecule has 0 aliphatic heterocycles. The van der Waals surface area contributed by atoms with Gasteiger partial charge in [0.05, 0.1) is 15.7 Å². The lowest BCUT2D eigenvalue weighted by Crippen LogP contribution is -1.94. The van der Waals surface area contributed by atoms with E-state index in [4.69, 9.17) is 4.74 Å². The molecule has 1 atom stereocenters. The Morgan fingerprint density at radius 3 is 2.39 bits per heavy atom. The van der Waals surface area contributed by atoms with Crippen molar-refractivity contribution in [2.45, 2.75) is 18.7 Å². The standard InChI is InChI=1S/C14H14Br2OS/c1-8-6-10(17-3)4-5-11(8)13(15)12-7-9(2)14(16)18-12/h4-7,13H,1-3H3. The van der Waals surface area contributed by atoms with Gasteiger partial charge in [-0.1, -0.05) is 22.0 Å². The van der Waals surface area contributed by atoms with Gasteiger partial charge in [0.1, 0.15) is 5.75 Å². The zero-order valence-corrected chi connectivity index (χ0v) is 14.4. The lowest BCUT2D eigenvalue weighted by Gasteiger charge is -2.12. The van der Waals surface area contributed by atoms with Gasteiger partial charge in [-0.25, -0.2) is 0 Å². The second-order valence-corrected chi connectivity index (χ2v) is 7.51. The third kappa shape index (κ3) is 2.81. The van der Waals surface area contributed by atoms with Crippen molar-refractivity contribution in [3.63, 3.8) is 0 Å². The summed E-state index contributed by atoms with van der Waals surface area (Å²) in [7, 11) is 1.69. The zero-order valence-electron chi connectivity index (χ0n) is 10.5. The van der Waals surface area contributed by atoms with E-state index in [-0.39, 0.29) is 4.83 Å². The molecule has 1 unspecified atom stereocenters. The first-order valence-electron chi connectivity index (χ1n) is 5.57. The summed E-state index contributed by atoms with van der Waals surface area (Å²) >= 11 is 9.14. The van der Waals surface area contributed by atoms with Gasteiger partial charge in [-0.3, -0.25) is 0 Å². The summed E-state index contributed by atoms with van der Waals surface area (Å²) in [4.78, 5) is 1.55. The van der Waals surface area contributed by atoms with Gasteiger partial charge in [-0.2, -0.15) is 0 Å². The fourth-order valence-corrected chi connectivity index (χ4v) is 4.32. The van der Waals surface area contributed by atoms with Gasteiger partial charge in [0, 0.05) is 4.88 Å². The molecule has 0 N–H and O–H groups in total. The molecule has 0 radical (unpaired) electrons. The summed E-state index contributed by atoms with van der Waals surface area (Å²) < 4.78 is 6.44. The topological polar surface area (TPSA) is 9.23 Å². The van der Waals surface area contributed by atoms with Crippen LogP contribution in [-0.2, 0) is 0 Å². The minimum absolute atomic E-state index is 0.235. The van der Waals surface area contributed by atoms with E-state index in [1.54, 1.807) is 18.4 Å². The van der Waals surface area contributed by atoms with Crippen LogP contribution in [0.15, 0.2) is 28.1 Å². The van der Waals surface area contributed by atoms with Crippen molar-refractivity contribution in [3.05, 3.63) is 49.6 Å². The molecule has 0 amide bonds. The van der Waals surface area contributed by atoms with Gasteiger partial charge in [0.15, 0.2) is 0 Å². The summed E-state index contributed by atoms with van der Waals surface area (Å²) in [5.74, 6) is 0.902. The molecule has 0 saturated heterocycles. The molecule has 96 valence electrons. The number of alkyl halides is 1. The van der Waals surface area contributed by atoms with E-state index in [1.807, 2.05) is 6.07 Å². The lowest BCUT2D eigenvalue weighted by molar-refractivity contribution is 0.414. The maximum atomic E-state index is 5.24. The van der Waals surface area contributed by atoms with Gasteiger partial charge < -0.3 is 4.74 Å². The van der Waals surface area contributed by atoms with Crippen molar-refractivity contribution in [3.8, 4) is 5.75 Å². The van der Waals surface area contributed by atoms with Crippen LogP contribution < -0.4 is 4.74 Å². The highest BCUT2D eigenvalue weighted by atomic mass is 79.9. The van der Waals surface area contributed by atoms with Crippen LogP contribution in [0.1, 0.15) is 26.4 Å². The number of hydrogen-bond acceptors (Lipinski definition) is 2. The molecule has 0 fully saturated rings. The van der Waals surface area contributed by atoms with E-state index < -0.39 is 0 Å². The van der Waals surface area contributed by atoms with Crippen LogP contribution >= 0.6 is 43.2 Å². The maximum Gasteiger partial charge on any atom is 0.119 e. The molecule has 18 heavy (non-hydrogen) atoms. The predicted octanol–water partition coefficient (Wildman–Crippen LogP) is 5.62. The number of benzene rings is 1. The quantitative estimate of drug-likeness (QED) is 0.619. The van der Waals surface area contributed by atoms with Gasteiger partial charge in [-0.15, -0.1) is 11.3 Å². The lowest BCUT2D eigenvalue weighted by atomic mass is 10.0.